The maximum Gasteiger partial charge on any atom is 0.0224 e. The van der Waals surface area contributed by atoms with Gasteiger partial charge in [0.15, 0.2) is 0 Å². The molecule has 0 saturated carbocycles. The van der Waals surface area contributed by atoms with E-state index in [4.69, 9.17) is 0 Å². The zero-order chi connectivity index (χ0) is 15.3. The number of nitrogens with one attached hydrogen (secondary N) is 1. The lowest BCUT2D eigenvalue weighted by molar-refractivity contribution is 0.0224. The number of piperazine rings is 1. The van der Waals surface area contributed by atoms with E-state index in [9.17, 15) is 0 Å². The van der Waals surface area contributed by atoms with E-state index in [0.717, 1.165) is 18.6 Å². The van der Waals surface area contributed by atoms with Crippen molar-refractivity contribution in [2.24, 2.45) is 5.41 Å². The van der Waals surface area contributed by atoms with Crippen LogP contribution in [0.3, 0.4) is 0 Å². The summed E-state index contributed by atoms with van der Waals surface area (Å²) in [5.41, 5.74) is 0.463. The molecule has 2 saturated heterocycles. The van der Waals surface area contributed by atoms with Crippen molar-refractivity contribution in [3.8, 4) is 0 Å². The maximum absolute atomic E-state index is 3.69. The van der Waals surface area contributed by atoms with E-state index in [0.29, 0.717) is 5.41 Å². The maximum atomic E-state index is 3.69. The Bertz CT molecular complexity index is 301. The molecule has 0 spiro atoms. The van der Waals surface area contributed by atoms with Gasteiger partial charge < -0.3 is 5.32 Å². The van der Waals surface area contributed by atoms with Crippen LogP contribution in [0.5, 0.6) is 0 Å². The van der Waals surface area contributed by atoms with Gasteiger partial charge in [0.1, 0.15) is 0 Å². The molecule has 0 amide bonds. The lowest BCUT2D eigenvalue weighted by Gasteiger charge is -2.46. The van der Waals surface area contributed by atoms with E-state index >= 15 is 0 Å². The molecule has 0 aromatic heterocycles. The summed E-state index contributed by atoms with van der Waals surface area (Å²) in [6, 6.07) is 1.57. The van der Waals surface area contributed by atoms with E-state index in [-0.39, 0.29) is 0 Å². The molecule has 2 atom stereocenters. The lowest BCUT2D eigenvalue weighted by Crippen LogP contribution is -2.58. The first-order chi connectivity index (χ1) is 10.1. The van der Waals surface area contributed by atoms with E-state index in [1.54, 1.807) is 0 Å². The van der Waals surface area contributed by atoms with Crippen molar-refractivity contribution in [2.75, 3.05) is 39.3 Å². The molecule has 0 aromatic rings. The third-order valence-electron chi connectivity index (χ3n) is 6.03. The monoisotopic (exact) mass is 295 g/mol. The first kappa shape index (κ1) is 17.2. The summed E-state index contributed by atoms with van der Waals surface area (Å²) < 4.78 is 0. The summed E-state index contributed by atoms with van der Waals surface area (Å²) >= 11 is 0. The fourth-order valence-corrected chi connectivity index (χ4v) is 4.21. The number of nitrogens with zero attached hydrogens (tertiary/aromatic N) is 2. The van der Waals surface area contributed by atoms with Crippen LogP contribution in [0.2, 0.25) is 0 Å². The van der Waals surface area contributed by atoms with Crippen LogP contribution in [0.1, 0.15) is 59.8 Å². The zero-order valence-corrected chi connectivity index (χ0v) is 14.8. The summed E-state index contributed by atoms with van der Waals surface area (Å²) in [5, 5.41) is 3.69. The van der Waals surface area contributed by atoms with Gasteiger partial charge in [0, 0.05) is 38.3 Å². The Morgan fingerprint density at radius 1 is 1.14 bits per heavy atom. The van der Waals surface area contributed by atoms with Gasteiger partial charge in [0.25, 0.3) is 0 Å². The van der Waals surface area contributed by atoms with Gasteiger partial charge in [0.05, 0.1) is 0 Å². The Labute approximate surface area is 132 Å². The molecular weight excluding hydrogens is 258 g/mol. The highest BCUT2D eigenvalue weighted by Crippen LogP contribution is 2.31. The molecule has 0 radical (unpaired) electrons. The van der Waals surface area contributed by atoms with Crippen LogP contribution in [0, 0.1) is 5.41 Å². The van der Waals surface area contributed by atoms with Crippen LogP contribution >= 0.6 is 0 Å². The second kappa shape index (κ2) is 7.94. The summed E-state index contributed by atoms with van der Waals surface area (Å²) in [4.78, 5) is 5.53. The van der Waals surface area contributed by atoms with Crippen molar-refractivity contribution in [2.45, 2.75) is 71.9 Å². The van der Waals surface area contributed by atoms with Crippen molar-refractivity contribution in [3.63, 3.8) is 0 Å². The molecule has 124 valence electrons. The molecule has 2 aliphatic rings. The molecule has 0 aromatic carbocycles. The minimum absolute atomic E-state index is 0.463. The van der Waals surface area contributed by atoms with E-state index in [1.807, 2.05) is 0 Å². The first-order valence-corrected chi connectivity index (χ1v) is 9.33. The first-order valence-electron chi connectivity index (χ1n) is 9.33. The average molecular weight is 296 g/mol. The second-order valence-corrected chi connectivity index (χ2v) is 7.45. The zero-order valence-electron chi connectivity index (χ0n) is 14.8. The number of hydrogen-bond donors (Lipinski definition) is 1. The highest BCUT2D eigenvalue weighted by Gasteiger charge is 2.37. The third kappa shape index (κ3) is 4.20. The molecule has 0 aliphatic carbocycles. The third-order valence-corrected chi connectivity index (χ3v) is 6.03. The normalized spacial score (nSPS) is 28.0. The van der Waals surface area contributed by atoms with Crippen molar-refractivity contribution in [1.29, 1.82) is 0 Å². The molecule has 1 N–H and O–H groups in total. The highest BCUT2D eigenvalue weighted by atomic mass is 15.3. The fourth-order valence-electron chi connectivity index (χ4n) is 4.21. The van der Waals surface area contributed by atoms with E-state index in [1.165, 1.54) is 64.8 Å². The van der Waals surface area contributed by atoms with Gasteiger partial charge in [-0.2, -0.15) is 0 Å². The molecule has 2 unspecified atom stereocenters. The largest absolute Gasteiger partial charge is 0.316 e. The van der Waals surface area contributed by atoms with Crippen molar-refractivity contribution < 1.29 is 0 Å². The highest BCUT2D eigenvalue weighted by molar-refractivity contribution is 4.93. The van der Waals surface area contributed by atoms with Gasteiger partial charge in [-0.25, -0.2) is 0 Å². The topological polar surface area (TPSA) is 18.5 Å². The lowest BCUT2D eigenvalue weighted by atomic mass is 9.81. The average Bonchev–Trinajstić information content (AvgIpc) is 2.93. The summed E-state index contributed by atoms with van der Waals surface area (Å²) in [5.74, 6) is 0. The van der Waals surface area contributed by atoms with E-state index in [2.05, 4.69) is 42.8 Å². The molecule has 21 heavy (non-hydrogen) atoms. The summed E-state index contributed by atoms with van der Waals surface area (Å²) in [6.07, 6.45) is 6.65. The minimum Gasteiger partial charge on any atom is -0.316 e. The van der Waals surface area contributed by atoms with Crippen molar-refractivity contribution >= 4 is 0 Å². The van der Waals surface area contributed by atoms with Crippen LogP contribution in [-0.2, 0) is 0 Å². The van der Waals surface area contributed by atoms with Crippen LogP contribution < -0.4 is 5.32 Å². The number of rotatable bonds is 8. The van der Waals surface area contributed by atoms with Gasteiger partial charge in [-0.3, -0.25) is 9.80 Å². The summed E-state index contributed by atoms with van der Waals surface area (Å²) in [7, 11) is 0. The van der Waals surface area contributed by atoms with Crippen LogP contribution in [0.15, 0.2) is 0 Å². The SMILES string of the molecule is CCCNCC(CC)(CC)CN1CC2CCCN2CC1C. The van der Waals surface area contributed by atoms with Crippen LogP contribution in [0.4, 0.5) is 0 Å². The molecule has 2 fully saturated rings. The predicted octanol–water partition coefficient (Wildman–Crippen LogP) is 2.96. The van der Waals surface area contributed by atoms with Crippen molar-refractivity contribution in [3.05, 3.63) is 0 Å². The molecule has 3 heteroatoms. The van der Waals surface area contributed by atoms with E-state index < -0.39 is 0 Å². The predicted molar refractivity (Wildman–Crippen MR) is 91.8 cm³/mol. The van der Waals surface area contributed by atoms with Crippen LogP contribution in [-0.4, -0.2) is 61.2 Å². The summed E-state index contributed by atoms with van der Waals surface area (Å²) in [6.45, 7) is 17.0. The number of hydrogen-bond acceptors (Lipinski definition) is 3. The molecular formula is C18H37N3. The standard InChI is InChI=1S/C18H37N3/c1-5-10-19-14-18(6-2,7-3)15-21-13-17-9-8-11-20(17)12-16(21)4/h16-17,19H,5-15H2,1-4H3. The molecule has 0 bridgehead atoms. The van der Waals surface area contributed by atoms with Gasteiger partial charge in [-0.05, 0) is 57.5 Å². The number of fused-ring (bicyclic) bond motifs is 1. The Hall–Kier alpha value is -0.120. The molecule has 2 heterocycles. The molecule has 3 nitrogen and oxygen atoms in total. The molecule has 2 aliphatic heterocycles. The van der Waals surface area contributed by atoms with Gasteiger partial charge >= 0.3 is 0 Å². The van der Waals surface area contributed by atoms with Crippen LogP contribution in [0.25, 0.3) is 0 Å². The fraction of sp³-hybridized carbons (Fsp3) is 1.00. The van der Waals surface area contributed by atoms with Gasteiger partial charge in [0.2, 0.25) is 0 Å². The Kier molecular flexibility index (Phi) is 6.51. The van der Waals surface area contributed by atoms with Gasteiger partial charge in [-0.15, -0.1) is 0 Å². The molecule has 2 rings (SSSR count). The van der Waals surface area contributed by atoms with Crippen molar-refractivity contribution in [1.82, 2.24) is 15.1 Å². The Morgan fingerprint density at radius 3 is 2.57 bits per heavy atom. The minimum atomic E-state index is 0.463. The Morgan fingerprint density at radius 2 is 1.90 bits per heavy atom. The smallest absolute Gasteiger partial charge is 0.0224 e. The van der Waals surface area contributed by atoms with Gasteiger partial charge in [-0.1, -0.05) is 20.8 Å². The Balaban J connectivity index is 1.95. The second-order valence-electron chi connectivity index (χ2n) is 7.45. The quantitative estimate of drug-likeness (QED) is 0.695.